The molecule has 1 aromatic heterocycles. The summed E-state index contributed by atoms with van der Waals surface area (Å²) in [6.07, 6.45) is -0.789. The number of nitrogens with one attached hydrogen (secondary N) is 2. The first-order chi connectivity index (χ1) is 12.6. The van der Waals surface area contributed by atoms with Gasteiger partial charge >= 0.3 is 5.97 Å². The Hall–Kier alpha value is -3.27. The SMILES string of the molecule is Cc1[nH]c(C(=O)OCC(=O)Nc2cc([N+](=O)[O-])ccc2F)c(C)c1[C@H](C)O. The van der Waals surface area contributed by atoms with Gasteiger partial charge in [0, 0.05) is 23.4 Å². The first-order valence-corrected chi connectivity index (χ1v) is 7.89. The molecule has 0 aliphatic carbocycles. The second-order valence-corrected chi connectivity index (χ2v) is 5.89. The van der Waals surface area contributed by atoms with Crippen molar-refractivity contribution in [1.29, 1.82) is 0 Å². The van der Waals surface area contributed by atoms with Crippen molar-refractivity contribution in [2.45, 2.75) is 26.9 Å². The lowest BCUT2D eigenvalue weighted by molar-refractivity contribution is -0.384. The molecule has 0 aliphatic heterocycles. The number of aromatic amines is 1. The van der Waals surface area contributed by atoms with Crippen LogP contribution in [0.25, 0.3) is 0 Å². The maximum Gasteiger partial charge on any atom is 0.355 e. The van der Waals surface area contributed by atoms with Crippen molar-refractivity contribution in [3.8, 4) is 0 Å². The molecule has 1 aromatic carbocycles. The van der Waals surface area contributed by atoms with Gasteiger partial charge in [0.25, 0.3) is 11.6 Å². The Balaban J connectivity index is 2.04. The highest BCUT2D eigenvalue weighted by Crippen LogP contribution is 2.25. The molecule has 0 bridgehead atoms. The summed E-state index contributed by atoms with van der Waals surface area (Å²) in [5.41, 5.74) is 0.957. The van der Waals surface area contributed by atoms with E-state index >= 15 is 0 Å². The number of nitro benzene ring substituents is 1. The van der Waals surface area contributed by atoms with Gasteiger partial charge in [0.15, 0.2) is 6.61 Å². The number of H-pyrrole nitrogens is 1. The fourth-order valence-electron chi connectivity index (χ4n) is 2.71. The number of aromatic nitrogens is 1. The molecule has 0 fully saturated rings. The standard InChI is InChI=1S/C17H18FN3O6/c1-8-15(10(3)22)9(2)19-16(8)17(24)27-7-14(23)20-13-6-11(21(25)26)4-5-12(13)18/h4-6,10,19,22H,7H2,1-3H3,(H,20,23)/t10-/m0/s1. The van der Waals surface area contributed by atoms with Crippen LogP contribution in [-0.4, -0.2) is 33.5 Å². The Kier molecular flexibility index (Phi) is 5.91. The van der Waals surface area contributed by atoms with E-state index in [-0.39, 0.29) is 5.69 Å². The van der Waals surface area contributed by atoms with Crippen molar-refractivity contribution >= 4 is 23.3 Å². The van der Waals surface area contributed by atoms with Gasteiger partial charge in [-0.2, -0.15) is 0 Å². The molecule has 2 rings (SSSR count). The fourth-order valence-corrected chi connectivity index (χ4v) is 2.71. The highest BCUT2D eigenvalue weighted by atomic mass is 19.1. The van der Waals surface area contributed by atoms with Crippen LogP contribution >= 0.6 is 0 Å². The smallest absolute Gasteiger partial charge is 0.355 e. The highest BCUT2D eigenvalue weighted by Gasteiger charge is 2.22. The number of aliphatic hydroxyl groups excluding tert-OH is 1. The van der Waals surface area contributed by atoms with Crippen LogP contribution in [0.15, 0.2) is 18.2 Å². The third-order valence-electron chi connectivity index (χ3n) is 3.89. The van der Waals surface area contributed by atoms with E-state index in [1.165, 1.54) is 0 Å². The van der Waals surface area contributed by atoms with Gasteiger partial charge in [-0.15, -0.1) is 0 Å². The van der Waals surface area contributed by atoms with Gasteiger partial charge in [-0.3, -0.25) is 14.9 Å². The molecule has 2 aromatic rings. The van der Waals surface area contributed by atoms with Crippen molar-refractivity contribution in [2.75, 3.05) is 11.9 Å². The number of nitro groups is 1. The van der Waals surface area contributed by atoms with E-state index in [2.05, 4.69) is 10.3 Å². The van der Waals surface area contributed by atoms with Gasteiger partial charge in [-0.1, -0.05) is 0 Å². The number of benzene rings is 1. The normalized spacial score (nSPS) is 11.7. The van der Waals surface area contributed by atoms with Crippen LogP contribution in [0, 0.1) is 29.8 Å². The minimum absolute atomic E-state index is 0.0951. The summed E-state index contributed by atoms with van der Waals surface area (Å²) in [4.78, 5) is 36.8. The number of rotatable bonds is 6. The van der Waals surface area contributed by atoms with Crippen molar-refractivity contribution < 1.29 is 28.7 Å². The molecule has 1 heterocycles. The van der Waals surface area contributed by atoms with Crippen LogP contribution in [0.4, 0.5) is 15.8 Å². The molecule has 10 heteroatoms. The zero-order valence-corrected chi connectivity index (χ0v) is 14.8. The van der Waals surface area contributed by atoms with Gasteiger partial charge in [0.2, 0.25) is 0 Å². The third-order valence-corrected chi connectivity index (χ3v) is 3.89. The Morgan fingerprint density at radius 1 is 1.41 bits per heavy atom. The van der Waals surface area contributed by atoms with E-state index in [4.69, 9.17) is 4.74 Å². The molecule has 0 saturated heterocycles. The lowest BCUT2D eigenvalue weighted by atomic mass is 10.1. The zero-order valence-electron chi connectivity index (χ0n) is 14.8. The van der Waals surface area contributed by atoms with Crippen LogP contribution in [-0.2, 0) is 9.53 Å². The topological polar surface area (TPSA) is 135 Å². The number of hydrogen-bond acceptors (Lipinski definition) is 6. The zero-order chi connectivity index (χ0) is 20.3. The van der Waals surface area contributed by atoms with E-state index in [0.717, 1.165) is 18.2 Å². The largest absolute Gasteiger partial charge is 0.451 e. The predicted molar refractivity (Wildman–Crippen MR) is 92.9 cm³/mol. The number of hydrogen-bond donors (Lipinski definition) is 3. The molecule has 27 heavy (non-hydrogen) atoms. The molecule has 144 valence electrons. The van der Waals surface area contributed by atoms with E-state index in [1.54, 1.807) is 20.8 Å². The summed E-state index contributed by atoms with van der Waals surface area (Å²) in [5, 5.41) is 22.6. The van der Waals surface area contributed by atoms with Crippen LogP contribution in [0.3, 0.4) is 0 Å². The molecule has 1 atom stereocenters. The second-order valence-electron chi connectivity index (χ2n) is 5.89. The molecule has 9 nitrogen and oxygen atoms in total. The van der Waals surface area contributed by atoms with E-state index in [9.17, 15) is 29.2 Å². The van der Waals surface area contributed by atoms with E-state index in [1.807, 2.05) is 0 Å². The fraction of sp³-hybridized carbons (Fsp3) is 0.294. The van der Waals surface area contributed by atoms with Crippen LogP contribution in [0.5, 0.6) is 0 Å². The number of aliphatic hydroxyl groups is 1. The number of nitrogens with zero attached hydrogens (tertiary/aromatic N) is 1. The molecule has 1 amide bonds. The number of ether oxygens (including phenoxy) is 1. The number of anilines is 1. The number of esters is 1. The van der Waals surface area contributed by atoms with Crippen LogP contribution < -0.4 is 5.32 Å². The van der Waals surface area contributed by atoms with Gasteiger partial charge in [-0.25, -0.2) is 9.18 Å². The van der Waals surface area contributed by atoms with Crippen molar-refractivity contribution in [2.24, 2.45) is 0 Å². The summed E-state index contributed by atoms with van der Waals surface area (Å²) in [6, 6.07) is 2.67. The molecule has 3 N–H and O–H groups in total. The second kappa shape index (κ2) is 7.96. The summed E-state index contributed by atoms with van der Waals surface area (Å²) in [7, 11) is 0. The van der Waals surface area contributed by atoms with E-state index < -0.39 is 46.7 Å². The average Bonchev–Trinajstić information content (AvgIpc) is 2.89. The summed E-state index contributed by atoms with van der Waals surface area (Å²) in [5.74, 6) is -2.55. The molecular weight excluding hydrogens is 361 g/mol. The number of aryl methyl sites for hydroxylation is 1. The van der Waals surface area contributed by atoms with Crippen LogP contribution in [0.2, 0.25) is 0 Å². The quantitative estimate of drug-likeness (QED) is 0.401. The minimum Gasteiger partial charge on any atom is -0.451 e. The Bertz CT molecular complexity index is 906. The van der Waals surface area contributed by atoms with Gasteiger partial charge in [0.1, 0.15) is 11.5 Å². The van der Waals surface area contributed by atoms with Crippen LogP contribution in [0.1, 0.15) is 40.3 Å². The third kappa shape index (κ3) is 4.47. The average molecular weight is 379 g/mol. The monoisotopic (exact) mass is 379 g/mol. The first-order valence-electron chi connectivity index (χ1n) is 7.89. The summed E-state index contributed by atoms with van der Waals surface area (Å²) >= 11 is 0. The summed E-state index contributed by atoms with van der Waals surface area (Å²) < 4.78 is 18.5. The lowest BCUT2D eigenvalue weighted by Gasteiger charge is -2.08. The molecule has 0 unspecified atom stereocenters. The molecule has 0 spiro atoms. The Morgan fingerprint density at radius 3 is 2.63 bits per heavy atom. The van der Waals surface area contributed by atoms with Gasteiger partial charge in [0.05, 0.1) is 16.7 Å². The number of non-ortho nitro benzene ring substituents is 1. The van der Waals surface area contributed by atoms with Gasteiger partial charge < -0.3 is 20.1 Å². The van der Waals surface area contributed by atoms with Crippen molar-refractivity contribution in [3.05, 3.63) is 56.6 Å². The Labute approximate surface area is 153 Å². The minimum atomic E-state index is -0.863. The highest BCUT2D eigenvalue weighted by molar-refractivity contribution is 5.95. The van der Waals surface area contributed by atoms with E-state index in [0.29, 0.717) is 16.8 Å². The number of carbonyl (C=O) groups is 2. The lowest BCUT2D eigenvalue weighted by Crippen LogP contribution is -2.22. The van der Waals surface area contributed by atoms with Crippen molar-refractivity contribution in [1.82, 2.24) is 4.98 Å². The number of halogens is 1. The maximum atomic E-state index is 13.7. The Morgan fingerprint density at radius 2 is 2.07 bits per heavy atom. The molecule has 0 saturated carbocycles. The van der Waals surface area contributed by atoms with Crippen molar-refractivity contribution in [3.63, 3.8) is 0 Å². The van der Waals surface area contributed by atoms with Gasteiger partial charge in [-0.05, 0) is 32.4 Å². The maximum absolute atomic E-state index is 13.7. The molecule has 0 radical (unpaired) electrons. The molecular formula is C17H18FN3O6. The number of amides is 1. The summed E-state index contributed by atoms with van der Waals surface area (Å²) in [6.45, 7) is 4.14. The number of carbonyl (C=O) groups excluding carboxylic acids is 2. The first kappa shape index (κ1) is 20.0. The molecule has 0 aliphatic rings. The predicted octanol–water partition coefficient (Wildman–Crippen LogP) is 2.53.